The maximum absolute atomic E-state index is 12.3. The molecule has 116 valence electrons. The Hall–Kier alpha value is -0.940. The Bertz CT molecular complexity index is 498. The van der Waals surface area contributed by atoms with Crippen LogP contribution in [-0.2, 0) is 0 Å². The van der Waals surface area contributed by atoms with E-state index in [0.717, 1.165) is 19.4 Å². The van der Waals surface area contributed by atoms with Crippen molar-refractivity contribution in [3.05, 3.63) is 22.8 Å². The van der Waals surface area contributed by atoms with Crippen LogP contribution in [0.3, 0.4) is 0 Å². The Kier molecular flexibility index (Phi) is 6.18. The molecule has 4 nitrogen and oxygen atoms in total. The summed E-state index contributed by atoms with van der Waals surface area (Å²) in [7, 11) is 0. The maximum Gasteiger partial charge on any atom is 0.253 e. The number of carbonyl (C=O) groups excluding carboxylic acids is 1. The van der Waals surface area contributed by atoms with E-state index in [2.05, 4.69) is 21.9 Å². The quantitative estimate of drug-likeness (QED) is 0.868. The summed E-state index contributed by atoms with van der Waals surface area (Å²) in [5, 5.41) is 7.30. The van der Waals surface area contributed by atoms with E-state index < -0.39 is 0 Å². The summed E-state index contributed by atoms with van der Waals surface area (Å²) in [6.07, 6.45) is 8.24. The zero-order valence-corrected chi connectivity index (χ0v) is 14.1. The number of nitrogens with one attached hydrogen (secondary N) is 2. The lowest BCUT2D eigenvalue weighted by Crippen LogP contribution is -2.39. The van der Waals surface area contributed by atoms with Crippen LogP contribution in [0, 0.1) is 0 Å². The van der Waals surface area contributed by atoms with Crippen LogP contribution in [0.4, 0.5) is 5.82 Å². The second kappa shape index (κ2) is 7.90. The van der Waals surface area contributed by atoms with Gasteiger partial charge in [-0.3, -0.25) is 4.79 Å². The van der Waals surface area contributed by atoms with Crippen molar-refractivity contribution in [3.8, 4) is 0 Å². The first kappa shape index (κ1) is 16.4. The van der Waals surface area contributed by atoms with Crippen LogP contribution in [-0.4, -0.2) is 35.0 Å². The van der Waals surface area contributed by atoms with Gasteiger partial charge in [0, 0.05) is 24.0 Å². The van der Waals surface area contributed by atoms with Gasteiger partial charge in [0.15, 0.2) is 0 Å². The molecule has 2 atom stereocenters. The fourth-order valence-corrected chi connectivity index (χ4v) is 3.68. The number of hydrogen-bond acceptors (Lipinski definition) is 4. The Labute approximate surface area is 135 Å². The number of nitrogens with zero attached hydrogens (tertiary/aromatic N) is 1. The molecule has 2 N–H and O–H groups in total. The molecule has 0 radical (unpaired) electrons. The van der Waals surface area contributed by atoms with Gasteiger partial charge >= 0.3 is 0 Å². The van der Waals surface area contributed by atoms with Gasteiger partial charge in [-0.1, -0.05) is 18.0 Å². The highest BCUT2D eigenvalue weighted by atomic mass is 35.5. The summed E-state index contributed by atoms with van der Waals surface area (Å²) in [4.78, 5) is 16.5. The fourth-order valence-electron chi connectivity index (χ4n) is 2.62. The van der Waals surface area contributed by atoms with Gasteiger partial charge in [-0.2, -0.15) is 11.8 Å². The number of thioether (sulfide) groups is 1. The first-order chi connectivity index (χ1) is 10.1. The largest absolute Gasteiger partial charge is 0.369 e. The molecule has 6 heteroatoms. The molecule has 0 saturated heterocycles. The molecule has 0 aliphatic heterocycles. The number of amides is 1. The van der Waals surface area contributed by atoms with E-state index in [1.807, 2.05) is 18.7 Å². The molecular formula is C15H22ClN3OS. The molecule has 0 aromatic carbocycles. The molecule has 0 bridgehead atoms. The second-order valence-electron chi connectivity index (χ2n) is 5.28. The zero-order valence-electron chi connectivity index (χ0n) is 12.5. The minimum absolute atomic E-state index is 0.0841. The first-order valence-electron chi connectivity index (χ1n) is 7.37. The summed E-state index contributed by atoms with van der Waals surface area (Å²) in [6, 6.07) is 1.94. The Balaban J connectivity index is 1.98. The van der Waals surface area contributed by atoms with E-state index >= 15 is 0 Å². The van der Waals surface area contributed by atoms with Crippen molar-refractivity contribution in [1.82, 2.24) is 10.3 Å². The monoisotopic (exact) mass is 327 g/mol. The second-order valence-corrected chi connectivity index (χ2v) is 6.82. The van der Waals surface area contributed by atoms with Crippen molar-refractivity contribution in [1.29, 1.82) is 0 Å². The standard InChI is InChI=1S/C15H22ClN3OS/c1-3-17-14-13(16)7-10(9-18-14)15(20)19-11-5-4-6-12(8-11)21-2/h7,9,11-12H,3-6,8H2,1-2H3,(H,17,18)(H,19,20). The van der Waals surface area contributed by atoms with Crippen molar-refractivity contribution >= 4 is 35.1 Å². The van der Waals surface area contributed by atoms with E-state index in [9.17, 15) is 4.79 Å². The third-order valence-electron chi connectivity index (χ3n) is 3.74. The zero-order chi connectivity index (χ0) is 15.2. The molecule has 1 aromatic rings. The third kappa shape index (κ3) is 4.51. The highest BCUT2D eigenvalue weighted by Crippen LogP contribution is 2.27. The predicted octanol–water partition coefficient (Wildman–Crippen LogP) is 3.57. The summed E-state index contributed by atoms with van der Waals surface area (Å²) < 4.78 is 0. The maximum atomic E-state index is 12.3. The van der Waals surface area contributed by atoms with Crippen LogP contribution in [0.5, 0.6) is 0 Å². The van der Waals surface area contributed by atoms with E-state index in [1.54, 1.807) is 12.3 Å². The van der Waals surface area contributed by atoms with E-state index in [1.165, 1.54) is 12.8 Å². The number of halogens is 1. The number of aromatic nitrogens is 1. The van der Waals surface area contributed by atoms with Crippen LogP contribution < -0.4 is 10.6 Å². The number of hydrogen-bond donors (Lipinski definition) is 2. The topological polar surface area (TPSA) is 54.0 Å². The first-order valence-corrected chi connectivity index (χ1v) is 9.03. The van der Waals surface area contributed by atoms with Gasteiger partial charge in [0.2, 0.25) is 0 Å². The molecule has 2 unspecified atom stereocenters. The van der Waals surface area contributed by atoms with Gasteiger partial charge in [-0.25, -0.2) is 4.98 Å². The molecule has 1 aromatic heterocycles. The molecule has 1 saturated carbocycles. The van der Waals surface area contributed by atoms with Crippen LogP contribution in [0.25, 0.3) is 0 Å². The molecule has 1 aliphatic carbocycles. The van der Waals surface area contributed by atoms with Crippen molar-refractivity contribution in [3.63, 3.8) is 0 Å². The lowest BCUT2D eigenvalue weighted by Gasteiger charge is -2.28. The predicted molar refractivity (Wildman–Crippen MR) is 90.4 cm³/mol. The minimum atomic E-state index is -0.0841. The SMILES string of the molecule is CCNc1ncc(C(=O)NC2CCCC(SC)C2)cc1Cl. The molecule has 1 aliphatic rings. The Morgan fingerprint density at radius 2 is 2.33 bits per heavy atom. The van der Waals surface area contributed by atoms with Gasteiger partial charge in [-0.15, -0.1) is 0 Å². The number of carbonyl (C=O) groups is 1. The normalized spacial score (nSPS) is 21.9. The molecule has 1 heterocycles. The lowest BCUT2D eigenvalue weighted by atomic mass is 9.95. The summed E-state index contributed by atoms with van der Waals surface area (Å²) in [5.74, 6) is 0.537. The minimum Gasteiger partial charge on any atom is -0.369 e. The molecule has 1 amide bonds. The van der Waals surface area contributed by atoms with Crippen LogP contribution >= 0.6 is 23.4 Å². The van der Waals surface area contributed by atoms with Gasteiger partial charge in [0.25, 0.3) is 5.91 Å². The fraction of sp³-hybridized carbons (Fsp3) is 0.600. The molecular weight excluding hydrogens is 306 g/mol. The average Bonchev–Trinajstić information content (AvgIpc) is 2.49. The number of anilines is 1. The Morgan fingerprint density at radius 1 is 1.52 bits per heavy atom. The van der Waals surface area contributed by atoms with E-state index in [-0.39, 0.29) is 11.9 Å². The average molecular weight is 328 g/mol. The third-order valence-corrected chi connectivity index (χ3v) is 5.13. The van der Waals surface area contributed by atoms with E-state index in [0.29, 0.717) is 21.7 Å². The Morgan fingerprint density at radius 3 is 3.00 bits per heavy atom. The van der Waals surface area contributed by atoms with Crippen molar-refractivity contribution in [2.75, 3.05) is 18.1 Å². The van der Waals surface area contributed by atoms with E-state index in [4.69, 9.17) is 11.6 Å². The molecule has 2 rings (SSSR count). The van der Waals surface area contributed by atoms with Gasteiger partial charge in [0.1, 0.15) is 5.82 Å². The molecule has 21 heavy (non-hydrogen) atoms. The van der Waals surface area contributed by atoms with Gasteiger partial charge in [0.05, 0.1) is 10.6 Å². The van der Waals surface area contributed by atoms with Crippen LogP contribution in [0.1, 0.15) is 43.0 Å². The van der Waals surface area contributed by atoms with Crippen molar-refractivity contribution < 1.29 is 4.79 Å². The highest BCUT2D eigenvalue weighted by Gasteiger charge is 2.23. The highest BCUT2D eigenvalue weighted by molar-refractivity contribution is 7.99. The smallest absolute Gasteiger partial charge is 0.253 e. The van der Waals surface area contributed by atoms with Gasteiger partial charge < -0.3 is 10.6 Å². The van der Waals surface area contributed by atoms with Crippen LogP contribution in [0.2, 0.25) is 5.02 Å². The van der Waals surface area contributed by atoms with Crippen LogP contribution in [0.15, 0.2) is 12.3 Å². The molecule has 1 fully saturated rings. The summed E-state index contributed by atoms with van der Waals surface area (Å²) in [6.45, 7) is 2.72. The van der Waals surface area contributed by atoms with Crippen molar-refractivity contribution in [2.45, 2.75) is 43.9 Å². The lowest BCUT2D eigenvalue weighted by molar-refractivity contribution is 0.0928. The molecule has 0 spiro atoms. The number of pyridine rings is 1. The van der Waals surface area contributed by atoms with Crippen molar-refractivity contribution in [2.24, 2.45) is 0 Å². The van der Waals surface area contributed by atoms with Gasteiger partial charge in [-0.05, 0) is 38.5 Å². The number of rotatable bonds is 5. The summed E-state index contributed by atoms with van der Waals surface area (Å²) in [5.41, 5.74) is 0.521. The summed E-state index contributed by atoms with van der Waals surface area (Å²) >= 11 is 8.02.